The Morgan fingerprint density at radius 1 is 1.30 bits per heavy atom. The van der Waals surface area contributed by atoms with Gasteiger partial charge in [-0.05, 0) is 0 Å². The van der Waals surface area contributed by atoms with Gasteiger partial charge in [0.1, 0.15) is 0 Å². The average molecular weight is 246 g/mol. The third kappa shape index (κ3) is 2.42. The second-order valence-electron chi connectivity index (χ2n) is 3.81. The molecule has 1 rings (SSSR count). The van der Waals surface area contributed by atoms with Crippen LogP contribution in [0.2, 0.25) is 3.43 Å². The van der Waals surface area contributed by atoms with E-state index >= 15 is 0 Å². The van der Waals surface area contributed by atoms with E-state index in [-0.39, 0.29) is 0 Å². The summed E-state index contributed by atoms with van der Waals surface area (Å²) in [6, 6.07) is 0. The standard InChI is InChI=1S/C8H16N.Sn.H/c1-9(2)7-8-5-3-4-6-8;;/h3-7H2,1-2H3;;. The van der Waals surface area contributed by atoms with Crippen molar-refractivity contribution in [2.45, 2.75) is 29.1 Å². The van der Waals surface area contributed by atoms with Crippen LogP contribution in [0.25, 0.3) is 0 Å². The first-order valence-corrected chi connectivity index (χ1v) is 5.71. The van der Waals surface area contributed by atoms with Crippen LogP contribution < -0.4 is 0 Å². The van der Waals surface area contributed by atoms with Crippen molar-refractivity contribution in [3.05, 3.63) is 0 Å². The van der Waals surface area contributed by atoms with Crippen molar-refractivity contribution in [3.8, 4) is 0 Å². The molecule has 1 nitrogen and oxygen atoms in total. The van der Waals surface area contributed by atoms with E-state index < -0.39 is 0 Å². The minimum absolute atomic E-state index is 0.772. The van der Waals surface area contributed by atoms with Crippen LogP contribution in [0.3, 0.4) is 0 Å². The quantitative estimate of drug-likeness (QED) is 0.661. The first-order valence-electron chi connectivity index (χ1n) is 4.06. The van der Waals surface area contributed by atoms with E-state index in [1.165, 1.54) is 54.8 Å². The molecule has 0 spiro atoms. The average Bonchev–Trinajstić information content (AvgIpc) is 2.12. The summed E-state index contributed by atoms with van der Waals surface area (Å²) in [7, 11) is 4.38. The molecule has 58 valence electrons. The number of hydrogen-bond acceptors (Lipinski definition) is 1. The SMILES string of the molecule is CN(C)C[C]1([SnH])CCCC1. The third-order valence-corrected chi connectivity index (χ3v) is 4.40. The first kappa shape index (κ1) is 8.85. The molecule has 1 saturated carbocycles. The molecular formula is C8H17NSn. The zero-order chi connectivity index (χ0) is 7.61. The summed E-state index contributed by atoms with van der Waals surface area (Å²) in [6.45, 7) is 1.33. The molecule has 0 aromatic heterocycles. The topological polar surface area (TPSA) is 3.24 Å². The Morgan fingerprint density at radius 3 is 2.20 bits per heavy atom. The predicted molar refractivity (Wildman–Crippen MR) is 46.9 cm³/mol. The van der Waals surface area contributed by atoms with Gasteiger partial charge in [-0.25, -0.2) is 0 Å². The maximum atomic E-state index is 2.34. The molecule has 1 fully saturated rings. The van der Waals surface area contributed by atoms with Crippen LogP contribution in [0.5, 0.6) is 0 Å². The van der Waals surface area contributed by atoms with Crippen LogP contribution in [0.4, 0.5) is 0 Å². The summed E-state index contributed by atoms with van der Waals surface area (Å²) < 4.78 is 0.772. The van der Waals surface area contributed by atoms with Gasteiger partial charge in [-0.1, -0.05) is 0 Å². The molecule has 0 unspecified atom stereocenters. The van der Waals surface area contributed by atoms with E-state index in [4.69, 9.17) is 0 Å². The molecule has 0 bridgehead atoms. The van der Waals surface area contributed by atoms with Crippen LogP contribution in [-0.4, -0.2) is 48.1 Å². The van der Waals surface area contributed by atoms with Crippen LogP contribution in [0.1, 0.15) is 25.7 Å². The molecule has 0 atom stereocenters. The molecule has 1 aliphatic rings. The van der Waals surface area contributed by atoms with Gasteiger partial charge in [-0.3, -0.25) is 0 Å². The minimum atomic E-state index is 0.772. The first-order chi connectivity index (χ1) is 4.62. The molecule has 0 heterocycles. The van der Waals surface area contributed by atoms with Gasteiger partial charge in [0.15, 0.2) is 0 Å². The van der Waals surface area contributed by atoms with E-state index in [9.17, 15) is 0 Å². The van der Waals surface area contributed by atoms with Gasteiger partial charge in [0, 0.05) is 0 Å². The van der Waals surface area contributed by atoms with E-state index in [1.54, 1.807) is 0 Å². The molecule has 0 N–H and O–H groups in total. The Kier molecular flexibility index (Phi) is 3.04. The molecule has 0 saturated heterocycles. The van der Waals surface area contributed by atoms with Crippen molar-refractivity contribution in [2.24, 2.45) is 0 Å². The van der Waals surface area contributed by atoms with Crippen molar-refractivity contribution < 1.29 is 0 Å². The summed E-state index contributed by atoms with van der Waals surface area (Å²) in [5, 5.41) is 0. The number of rotatable bonds is 2. The molecule has 0 amide bonds. The fourth-order valence-corrected chi connectivity index (χ4v) is 4.07. The summed E-state index contributed by atoms with van der Waals surface area (Å²) in [6.07, 6.45) is 5.95. The number of nitrogens with zero attached hydrogens (tertiary/aromatic N) is 1. The molecular weight excluding hydrogens is 229 g/mol. The summed E-state index contributed by atoms with van der Waals surface area (Å²) in [5.41, 5.74) is 0. The van der Waals surface area contributed by atoms with Gasteiger partial charge >= 0.3 is 77.2 Å². The van der Waals surface area contributed by atoms with Crippen LogP contribution in [-0.2, 0) is 0 Å². The van der Waals surface area contributed by atoms with E-state index in [0.29, 0.717) is 0 Å². The van der Waals surface area contributed by atoms with Crippen molar-refractivity contribution in [1.82, 2.24) is 4.90 Å². The molecule has 0 aromatic rings. The molecule has 2 heteroatoms. The van der Waals surface area contributed by atoms with Crippen molar-refractivity contribution >= 4 is 22.5 Å². The molecule has 10 heavy (non-hydrogen) atoms. The van der Waals surface area contributed by atoms with E-state index in [1.807, 2.05) is 0 Å². The Morgan fingerprint density at radius 2 is 1.80 bits per heavy atom. The maximum absolute atomic E-state index is 2.34. The third-order valence-electron chi connectivity index (χ3n) is 2.23. The van der Waals surface area contributed by atoms with Gasteiger partial charge in [-0.15, -0.1) is 0 Å². The van der Waals surface area contributed by atoms with E-state index in [2.05, 4.69) is 19.0 Å². The second kappa shape index (κ2) is 3.44. The summed E-state index contributed by atoms with van der Waals surface area (Å²) in [5.74, 6) is 0. The normalized spacial score (nSPS) is 24.0. The number of hydrogen-bond donors (Lipinski definition) is 0. The van der Waals surface area contributed by atoms with Crippen molar-refractivity contribution in [3.63, 3.8) is 0 Å². The van der Waals surface area contributed by atoms with Crippen molar-refractivity contribution in [2.75, 3.05) is 20.6 Å². The van der Waals surface area contributed by atoms with Crippen molar-refractivity contribution in [1.29, 1.82) is 0 Å². The monoisotopic (exact) mass is 247 g/mol. The Labute approximate surface area is 77.3 Å². The van der Waals surface area contributed by atoms with Crippen LogP contribution in [0, 0.1) is 0 Å². The zero-order valence-corrected chi connectivity index (χ0v) is 10.4. The van der Waals surface area contributed by atoms with Gasteiger partial charge in [-0.2, -0.15) is 0 Å². The van der Waals surface area contributed by atoms with Gasteiger partial charge in [0.2, 0.25) is 0 Å². The summed E-state index contributed by atoms with van der Waals surface area (Å²) >= 11 is 1.45. The molecule has 0 aliphatic heterocycles. The Bertz CT molecular complexity index is 106. The van der Waals surface area contributed by atoms with Crippen LogP contribution in [0.15, 0.2) is 0 Å². The summed E-state index contributed by atoms with van der Waals surface area (Å²) in [4.78, 5) is 2.34. The fourth-order valence-electron chi connectivity index (χ4n) is 1.87. The molecule has 0 aromatic carbocycles. The van der Waals surface area contributed by atoms with E-state index in [0.717, 1.165) is 3.43 Å². The van der Waals surface area contributed by atoms with Gasteiger partial charge in [0.25, 0.3) is 0 Å². The molecule has 2 radical (unpaired) electrons. The molecule has 1 aliphatic carbocycles. The Balaban J connectivity index is 2.36. The zero-order valence-electron chi connectivity index (χ0n) is 7.06. The Hall–Kier alpha value is 0.759. The van der Waals surface area contributed by atoms with Gasteiger partial charge in [0.05, 0.1) is 0 Å². The second-order valence-corrected chi connectivity index (χ2v) is 7.30. The fraction of sp³-hybridized carbons (Fsp3) is 1.00. The van der Waals surface area contributed by atoms with Crippen LogP contribution >= 0.6 is 0 Å². The van der Waals surface area contributed by atoms with Gasteiger partial charge < -0.3 is 0 Å². The predicted octanol–water partition coefficient (Wildman–Crippen LogP) is 1.18.